The molecule has 0 aromatic heterocycles. The Kier molecular flexibility index (Phi) is 5.83. The van der Waals surface area contributed by atoms with Gasteiger partial charge in [0.1, 0.15) is 0 Å². The molecule has 3 N–H and O–H groups in total. The quantitative estimate of drug-likeness (QED) is 0.828. The maximum atomic E-state index is 12.4. The van der Waals surface area contributed by atoms with Crippen LogP contribution < -0.4 is 11.1 Å². The van der Waals surface area contributed by atoms with Crippen molar-refractivity contribution in [2.45, 2.75) is 39.2 Å². The number of nitrogens with one attached hydrogen (secondary N) is 1. The van der Waals surface area contributed by atoms with Crippen LogP contribution in [0.15, 0.2) is 30.3 Å². The van der Waals surface area contributed by atoms with Crippen molar-refractivity contribution < 1.29 is 4.79 Å². The van der Waals surface area contributed by atoms with Crippen LogP contribution in [0.1, 0.15) is 33.6 Å². The number of urea groups is 1. The van der Waals surface area contributed by atoms with Gasteiger partial charge in [0, 0.05) is 18.8 Å². The third kappa shape index (κ3) is 3.47. The second-order valence-electron chi connectivity index (χ2n) is 4.68. The summed E-state index contributed by atoms with van der Waals surface area (Å²) in [6.45, 7) is 7.28. The molecule has 0 radical (unpaired) electrons. The summed E-state index contributed by atoms with van der Waals surface area (Å²) in [6.07, 6.45) is 1.71. The molecule has 1 rings (SSSR count). The lowest BCUT2D eigenvalue weighted by Crippen LogP contribution is -2.56. The van der Waals surface area contributed by atoms with Crippen LogP contribution in [0, 0.1) is 0 Å². The van der Waals surface area contributed by atoms with Crippen LogP contribution in [0.3, 0.4) is 0 Å². The highest BCUT2D eigenvalue weighted by Gasteiger charge is 2.34. The number of para-hydroxylation sites is 1. The maximum absolute atomic E-state index is 12.4. The summed E-state index contributed by atoms with van der Waals surface area (Å²) in [5, 5.41) is 2.93. The molecule has 19 heavy (non-hydrogen) atoms. The minimum absolute atomic E-state index is 0.0807. The largest absolute Gasteiger partial charge is 0.328 e. The first-order valence-electron chi connectivity index (χ1n) is 6.97. The summed E-state index contributed by atoms with van der Waals surface area (Å²) in [4.78, 5) is 14.3. The molecule has 0 fully saturated rings. The third-order valence-corrected chi connectivity index (χ3v) is 3.86. The minimum Gasteiger partial charge on any atom is -0.328 e. The van der Waals surface area contributed by atoms with Crippen LogP contribution >= 0.6 is 0 Å². The highest BCUT2D eigenvalue weighted by molar-refractivity contribution is 5.89. The van der Waals surface area contributed by atoms with Crippen LogP contribution in [0.5, 0.6) is 0 Å². The molecule has 1 aromatic rings. The van der Waals surface area contributed by atoms with Gasteiger partial charge in [-0.1, -0.05) is 32.0 Å². The van der Waals surface area contributed by atoms with Gasteiger partial charge in [-0.25, -0.2) is 4.79 Å². The Bertz CT molecular complexity index is 379. The van der Waals surface area contributed by atoms with Crippen LogP contribution in [-0.4, -0.2) is 29.6 Å². The van der Waals surface area contributed by atoms with E-state index in [9.17, 15) is 4.79 Å². The fourth-order valence-electron chi connectivity index (χ4n) is 2.44. The molecule has 0 aliphatic carbocycles. The Morgan fingerprint density at radius 3 is 2.21 bits per heavy atom. The van der Waals surface area contributed by atoms with Crippen molar-refractivity contribution in [3.05, 3.63) is 30.3 Å². The molecule has 4 heteroatoms. The molecule has 0 aliphatic rings. The zero-order valence-corrected chi connectivity index (χ0v) is 12.1. The predicted octanol–water partition coefficient (Wildman–Crippen LogP) is 3.06. The van der Waals surface area contributed by atoms with Crippen LogP contribution in [0.4, 0.5) is 10.5 Å². The second kappa shape index (κ2) is 7.14. The molecule has 0 saturated carbocycles. The Hall–Kier alpha value is -1.55. The fraction of sp³-hybridized carbons (Fsp3) is 0.533. The number of carbonyl (C=O) groups excluding carboxylic acids is 1. The van der Waals surface area contributed by atoms with Crippen molar-refractivity contribution in [3.8, 4) is 0 Å². The summed E-state index contributed by atoms with van der Waals surface area (Å²) < 4.78 is 0. The standard InChI is InChI=1S/C15H25N3O/c1-4-15(5-2,12-16)18(6-3)14(19)17-13-10-8-7-9-11-13/h7-11H,4-6,12,16H2,1-3H3,(H,17,19). The first-order chi connectivity index (χ1) is 9.13. The zero-order valence-electron chi connectivity index (χ0n) is 12.1. The van der Waals surface area contributed by atoms with Gasteiger partial charge in [-0.05, 0) is 31.9 Å². The van der Waals surface area contributed by atoms with E-state index in [2.05, 4.69) is 19.2 Å². The summed E-state index contributed by atoms with van der Waals surface area (Å²) in [5.41, 5.74) is 6.47. The Labute approximate surface area is 116 Å². The molecule has 0 bridgehead atoms. The van der Waals surface area contributed by atoms with Gasteiger partial charge in [0.05, 0.1) is 5.54 Å². The van der Waals surface area contributed by atoms with Crippen molar-refractivity contribution in [2.24, 2.45) is 5.73 Å². The SMILES string of the molecule is CCN(C(=O)Nc1ccccc1)C(CC)(CC)CN. The van der Waals surface area contributed by atoms with E-state index in [0.717, 1.165) is 18.5 Å². The van der Waals surface area contributed by atoms with Crippen molar-refractivity contribution >= 4 is 11.7 Å². The fourth-order valence-corrected chi connectivity index (χ4v) is 2.44. The Morgan fingerprint density at radius 2 is 1.79 bits per heavy atom. The average Bonchev–Trinajstić information content (AvgIpc) is 2.45. The van der Waals surface area contributed by atoms with Gasteiger partial charge < -0.3 is 16.0 Å². The molecule has 4 nitrogen and oxygen atoms in total. The average molecular weight is 263 g/mol. The van der Waals surface area contributed by atoms with Gasteiger partial charge in [-0.3, -0.25) is 0 Å². The molecule has 2 amide bonds. The zero-order chi connectivity index (χ0) is 14.3. The van der Waals surface area contributed by atoms with Crippen molar-refractivity contribution in [1.29, 1.82) is 0 Å². The van der Waals surface area contributed by atoms with Gasteiger partial charge >= 0.3 is 6.03 Å². The Morgan fingerprint density at radius 1 is 1.21 bits per heavy atom. The van der Waals surface area contributed by atoms with Crippen molar-refractivity contribution in [3.63, 3.8) is 0 Å². The van der Waals surface area contributed by atoms with Crippen molar-refractivity contribution in [1.82, 2.24) is 4.90 Å². The summed E-state index contributed by atoms with van der Waals surface area (Å²) in [5.74, 6) is 0. The van der Waals surface area contributed by atoms with Gasteiger partial charge in [-0.2, -0.15) is 0 Å². The molecule has 0 spiro atoms. The van der Waals surface area contributed by atoms with E-state index in [4.69, 9.17) is 5.73 Å². The normalized spacial score (nSPS) is 11.2. The first kappa shape index (κ1) is 15.5. The minimum atomic E-state index is -0.256. The predicted molar refractivity (Wildman–Crippen MR) is 80.2 cm³/mol. The number of carbonyl (C=O) groups is 1. The molecular weight excluding hydrogens is 238 g/mol. The molecule has 0 aliphatic heterocycles. The number of nitrogens with zero attached hydrogens (tertiary/aromatic N) is 1. The topological polar surface area (TPSA) is 58.4 Å². The van der Waals surface area contributed by atoms with Gasteiger partial charge in [-0.15, -0.1) is 0 Å². The van der Waals surface area contributed by atoms with Crippen molar-refractivity contribution in [2.75, 3.05) is 18.4 Å². The second-order valence-corrected chi connectivity index (χ2v) is 4.68. The number of anilines is 1. The summed E-state index contributed by atoms with van der Waals surface area (Å²) >= 11 is 0. The Balaban J connectivity index is 2.87. The molecule has 0 unspecified atom stereocenters. The van der Waals surface area contributed by atoms with Gasteiger partial charge in [0.2, 0.25) is 0 Å². The molecule has 0 saturated heterocycles. The third-order valence-electron chi connectivity index (χ3n) is 3.86. The highest BCUT2D eigenvalue weighted by Crippen LogP contribution is 2.23. The number of likely N-dealkylation sites (N-methyl/N-ethyl adjacent to an activating group) is 1. The van der Waals surface area contributed by atoms with Crippen LogP contribution in [-0.2, 0) is 0 Å². The molecule has 1 aromatic carbocycles. The van der Waals surface area contributed by atoms with E-state index in [1.54, 1.807) is 0 Å². The van der Waals surface area contributed by atoms with E-state index < -0.39 is 0 Å². The smallest absolute Gasteiger partial charge is 0.322 e. The number of rotatable bonds is 6. The highest BCUT2D eigenvalue weighted by atomic mass is 16.2. The first-order valence-corrected chi connectivity index (χ1v) is 6.97. The summed E-state index contributed by atoms with van der Waals surface area (Å²) in [7, 11) is 0. The van der Waals surface area contributed by atoms with Gasteiger partial charge in [0.15, 0.2) is 0 Å². The molecule has 0 atom stereocenters. The lowest BCUT2D eigenvalue weighted by atomic mass is 9.91. The number of benzene rings is 1. The summed E-state index contributed by atoms with van der Waals surface area (Å²) in [6, 6.07) is 9.42. The number of amides is 2. The van der Waals surface area contributed by atoms with Crippen LogP contribution in [0.25, 0.3) is 0 Å². The number of hydrogen-bond acceptors (Lipinski definition) is 2. The molecular formula is C15H25N3O. The lowest BCUT2D eigenvalue weighted by Gasteiger charge is -2.41. The monoisotopic (exact) mass is 263 g/mol. The van der Waals surface area contributed by atoms with Gasteiger partial charge in [0.25, 0.3) is 0 Å². The molecule has 106 valence electrons. The number of hydrogen-bond donors (Lipinski definition) is 2. The van der Waals surface area contributed by atoms with E-state index in [1.807, 2.05) is 42.2 Å². The lowest BCUT2D eigenvalue weighted by molar-refractivity contribution is 0.122. The van der Waals surface area contributed by atoms with E-state index in [0.29, 0.717) is 13.1 Å². The van der Waals surface area contributed by atoms with E-state index >= 15 is 0 Å². The van der Waals surface area contributed by atoms with E-state index in [-0.39, 0.29) is 11.6 Å². The molecule has 0 heterocycles. The van der Waals surface area contributed by atoms with E-state index in [1.165, 1.54) is 0 Å². The number of nitrogens with two attached hydrogens (primary N) is 1. The maximum Gasteiger partial charge on any atom is 0.322 e. The van der Waals surface area contributed by atoms with Crippen LogP contribution in [0.2, 0.25) is 0 Å².